The number of ether oxygens (including phenoxy) is 1. The Morgan fingerprint density at radius 3 is 2.50 bits per heavy atom. The normalized spacial score (nSPS) is 23.4. The zero-order valence-electron chi connectivity index (χ0n) is 9.33. The molecule has 2 N–H and O–H groups in total. The minimum atomic E-state index is 0.213. The van der Waals surface area contributed by atoms with E-state index in [0.717, 1.165) is 19.1 Å². The number of nitrogens with one attached hydrogen (secondary N) is 1. The van der Waals surface area contributed by atoms with Crippen LogP contribution in [0.1, 0.15) is 33.1 Å². The van der Waals surface area contributed by atoms with E-state index in [1.165, 1.54) is 19.3 Å². The summed E-state index contributed by atoms with van der Waals surface area (Å²) in [5.41, 5.74) is 0. The first-order chi connectivity index (χ1) is 6.72. The lowest BCUT2D eigenvalue weighted by Gasteiger charge is -2.26. The maximum atomic E-state index is 8.91. The van der Waals surface area contributed by atoms with Gasteiger partial charge in [-0.25, -0.2) is 0 Å². The van der Waals surface area contributed by atoms with Crippen molar-refractivity contribution < 1.29 is 9.84 Å². The van der Waals surface area contributed by atoms with Crippen LogP contribution in [0.15, 0.2) is 0 Å². The highest BCUT2D eigenvalue weighted by molar-refractivity contribution is 4.72. The van der Waals surface area contributed by atoms with E-state index in [1.807, 2.05) is 6.92 Å². The van der Waals surface area contributed by atoms with E-state index in [1.54, 1.807) is 0 Å². The van der Waals surface area contributed by atoms with Gasteiger partial charge in [-0.05, 0) is 39.0 Å². The Balaban J connectivity index is 2.14. The van der Waals surface area contributed by atoms with Crippen molar-refractivity contribution in [2.45, 2.75) is 45.2 Å². The van der Waals surface area contributed by atoms with Gasteiger partial charge < -0.3 is 15.2 Å². The summed E-state index contributed by atoms with van der Waals surface area (Å²) in [6.07, 6.45) is 3.59. The molecular weight excluding hydrogens is 178 g/mol. The molecule has 14 heavy (non-hydrogen) atoms. The van der Waals surface area contributed by atoms with E-state index in [-0.39, 0.29) is 12.6 Å². The van der Waals surface area contributed by atoms with Gasteiger partial charge in [0.2, 0.25) is 0 Å². The Hall–Kier alpha value is -0.120. The maximum absolute atomic E-state index is 8.91. The predicted octanol–water partition coefficient (Wildman–Crippen LogP) is 1.16. The third-order valence-corrected chi connectivity index (χ3v) is 2.87. The monoisotopic (exact) mass is 201 g/mol. The summed E-state index contributed by atoms with van der Waals surface area (Å²) in [7, 11) is 0. The SMILES string of the molecule is CC(CO)NC(C)CC1CCOCC1. The minimum Gasteiger partial charge on any atom is -0.395 e. The van der Waals surface area contributed by atoms with Crippen molar-refractivity contribution in [3.8, 4) is 0 Å². The van der Waals surface area contributed by atoms with Gasteiger partial charge in [0.25, 0.3) is 0 Å². The molecule has 0 spiro atoms. The molecule has 1 rings (SSSR count). The maximum Gasteiger partial charge on any atom is 0.0582 e. The van der Waals surface area contributed by atoms with Gasteiger partial charge in [-0.15, -0.1) is 0 Å². The van der Waals surface area contributed by atoms with Crippen LogP contribution in [0.5, 0.6) is 0 Å². The van der Waals surface area contributed by atoms with Gasteiger partial charge in [0.15, 0.2) is 0 Å². The Kier molecular flexibility index (Phi) is 5.45. The Bertz CT molecular complexity index is 146. The molecule has 0 radical (unpaired) electrons. The third kappa shape index (κ3) is 4.40. The molecule has 0 saturated carbocycles. The predicted molar refractivity (Wildman–Crippen MR) is 57.3 cm³/mol. The highest BCUT2D eigenvalue weighted by Gasteiger charge is 2.17. The lowest BCUT2D eigenvalue weighted by Crippen LogP contribution is -2.38. The summed E-state index contributed by atoms with van der Waals surface area (Å²) in [6, 6.07) is 0.713. The summed E-state index contributed by atoms with van der Waals surface area (Å²) in [4.78, 5) is 0. The summed E-state index contributed by atoms with van der Waals surface area (Å²) in [5, 5.41) is 12.3. The Morgan fingerprint density at radius 2 is 1.93 bits per heavy atom. The van der Waals surface area contributed by atoms with Gasteiger partial charge >= 0.3 is 0 Å². The molecule has 0 bridgehead atoms. The van der Waals surface area contributed by atoms with Crippen LogP contribution in [0, 0.1) is 5.92 Å². The van der Waals surface area contributed by atoms with Crippen molar-refractivity contribution in [1.82, 2.24) is 5.32 Å². The lowest BCUT2D eigenvalue weighted by atomic mass is 9.93. The number of hydrogen-bond acceptors (Lipinski definition) is 3. The highest BCUT2D eigenvalue weighted by atomic mass is 16.5. The van der Waals surface area contributed by atoms with Crippen LogP contribution in [0.25, 0.3) is 0 Å². The van der Waals surface area contributed by atoms with Crippen molar-refractivity contribution in [3.63, 3.8) is 0 Å². The van der Waals surface area contributed by atoms with E-state index in [2.05, 4.69) is 12.2 Å². The van der Waals surface area contributed by atoms with Gasteiger partial charge in [0.05, 0.1) is 6.61 Å². The second-order valence-electron chi connectivity index (χ2n) is 4.44. The molecule has 2 unspecified atom stereocenters. The first kappa shape index (κ1) is 12.0. The number of rotatable bonds is 5. The summed E-state index contributed by atoms with van der Waals surface area (Å²) in [5.74, 6) is 0.803. The van der Waals surface area contributed by atoms with Gasteiger partial charge in [0, 0.05) is 25.3 Å². The molecule has 1 aliphatic heterocycles. The van der Waals surface area contributed by atoms with Crippen molar-refractivity contribution in [3.05, 3.63) is 0 Å². The van der Waals surface area contributed by atoms with Gasteiger partial charge in [-0.3, -0.25) is 0 Å². The van der Waals surface area contributed by atoms with Crippen LogP contribution in [-0.4, -0.2) is 37.0 Å². The Labute approximate surface area is 86.8 Å². The highest BCUT2D eigenvalue weighted by Crippen LogP contribution is 2.19. The number of aliphatic hydroxyl groups is 1. The quantitative estimate of drug-likeness (QED) is 0.701. The molecule has 1 aliphatic rings. The number of aliphatic hydroxyl groups excluding tert-OH is 1. The molecule has 3 nitrogen and oxygen atoms in total. The standard InChI is InChI=1S/C11H23NO2/c1-9(12-10(2)8-13)7-11-3-5-14-6-4-11/h9-13H,3-8H2,1-2H3. The third-order valence-electron chi connectivity index (χ3n) is 2.87. The molecule has 0 aromatic carbocycles. The van der Waals surface area contributed by atoms with Gasteiger partial charge in [-0.2, -0.15) is 0 Å². The van der Waals surface area contributed by atoms with Crippen LogP contribution in [0.4, 0.5) is 0 Å². The molecule has 0 aromatic rings. The first-order valence-electron chi connectivity index (χ1n) is 5.67. The second kappa shape index (κ2) is 6.38. The van der Waals surface area contributed by atoms with E-state index < -0.39 is 0 Å². The van der Waals surface area contributed by atoms with Crippen molar-refractivity contribution in [2.24, 2.45) is 5.92 Å². The summed E-state index contributed by atoms with van der Waals surface area (Å²) in [6.45, 7) is 6.28. The molecule has 3 heteroatoms. The summed E-state index contributed by atoms with van der Waals surface area (Å²) >= 11 is 0. The largest absolute Gasteiger partial charge is 0.395 e. The molecule has 0 aliphatic carbocycles. The average molecular weight is 201 g/mol. The molecule has 84 valence electrons. The molecule has 1 saturated heterocycles. The fourth-order valence-electron chi connectivity index (χ4n) is 2.09. The smallest absolute Gasteiger partial charge is 0.0582 e. The summed E-state index contributed by atoms with van der Waals surface area (Å²) < 4.78 is 5.32. The van der Waals surface area contributed by atoms with Crippen molar-refractivity contribution >= 4 is 0 Å². The Morgan fingerprint density at radius 1 is 1.29 bits per heavy atom. The first-order valence-corrected chi connectivity index (χ1v) is 5.67. The molecule has 0 amide bonds. The zero-order valence-corrected chi connectivity index (χ0v) is 9.33. The molecule has 2 atom stereocenters. The van der Waals surface area contributed by atoms with E-state index in [4.69, 9.17) is 9.84 Å². The van der Waals surface area contributed by atoms with E-state index >= 15 is 0 Å². The fraction of sp³-hybridized carbons (Fsp3) is 1.00. The van der Waals surface area contributed by atoms with E-state index in [9.17, 15) is 0 Å². The van der Waals surface area contributed by atoms with Gasteiger partial charge in [0.1, 0.15) is 0 Å². The van der Waals surface area contributed by atoms with Gasteiger partial charge in [-0.1, -0.05) is 0 Å². The molecule has 1 heterocycles. The molecular formula is C11H23NO2. The second-order valence-corrected chi connectivity index (χ2v) is 4.44. The van der Waals surface area contributed by atoms with Crippen LogP contribution < -0.4 is 5.32 Å². The minimum absolute atomic E-state index is 0.213. The molecule has 0 aromatic heterocycles. The van der Waals surface area contributed by atoms with E-state index in [0.29, 0.717) is 6.04 Å². The lowest BCUT2D eigenvalue weighted by molar-refractivity contribution is 0.0604. The van der Waals surface area contributed by atoms with Crippen LogP contribution in [0.2, 0.25) is 0 Å². The number of hydrogen-bond donors (Lipinski definition) is 2. The molecule has 1 fully saturated rings. The van der Waals surface area contributed by atoms with Crippen molar-refractivity contribution in [1.29, 1.82) is 0 Å². The van der Waals surface area contributed by atoms with Crippen LogP contribution in [0.3, 0.4) is 0 Å². The topological polar surface area (TPSA) is 41.5 Å². The van der Waals surface area contributed by atoms with Crippen LogP contribution >= 0.6 is 0 Å². The fourth-order valence-corrected chi connectivity index (χ4v) is 2.09. The average Bonchev–Trinajstić information content (AvgIpc) is 2.19. The van der Waals surface area contributed by atoms with Crippen molar-refractivity contribution in [2.75, 3.05) is 19.8 Å². The van der Waals surface area contributed by atoms with Crippen LogP contribution in [-0.2, 0) is 4.74 Å². The zero-order chi connectivity index (χ0) is 10.4.